The topological polar surface area (TPSA) is 91.6 Å². The molecule has 1 amide bonds. The highest BCUT2D eigenvalue weighted by Crippen LogP contribution is 2.13. The third kappa shape index (κ3) is 5.31. The van der Waals surface area contributed by atoms with Crippen molar-refractivity contribution in [2.75, 3.05) is 0 Å². The summed E-state index contributed by atoms with van der Waals surface area (Å²) in [6.07, 6.45) is 1.54. The molecule has 0 atom stereocenters. The number of aromatic nitrogens is 1. The van der Waals surface area contributed by atoms with Crippen LogP contribution in [0, 0.1) is 9.39 Å². The van der Waals surface area contributed by atoms with Crippen LogP contribution in [0.4, 0.5) is 4.39 Å². The van der Waals surface area contributed by atoms with Crippen molar-refractivity contribution in [3.63, 3.8) is 0 Å². The van der Waals surface area contributed by atoms with Crippen LogP contribution >= 0.6 is 22.6 Å². The van der Waals surface area contributed by atoms with Crippen molar-refractivity contribution in [2.45, 2.75) is 13.1 Å². The Morgan fingerprint density at radius 2 is 1.90 bits per heavy atom. The number of nitrogens with one attached hydrogen (secondary N) is 1. The lowest BCUT2D eigenvalue weighted by molar-refractivity contribution is 0.0949. The molecule has 0 saturated heterocycles. The molecular formula is C20H17BFIN2O4. The molecule has 3 N–H and O–H groups in total. The Morgan fingerprint density at radius 1 is 1.10 bits per heavy atom. The van der Waals surface area contributed by atoms with Gasteiger partial charge in [-0.25, -0.2) is 4.39 Å². The number of pyridine rings is 1. The summed E-state index contributed by atoms with van der Waals surface area (Å²) >= 11 is 1.89. The van der Waals surface area contributed by atoms with Gasteiger partial charge in [-0.3, -0.25) is 9.59 Å². The van der Waals surface area contributed by atoms with Gasteiger partial charge in [-0.2, -0.15) is 0 Å². The van der Waals surface area contributed by atoms with Gasteiger partial charge < -0.3 is 19.9 Å². The van der Waals surface area contributed by atoms with Gasteiger partial charge in [-0.15, -0.1) is 0 Å². The number of hydrogen-bond acceptors (Lipinski definition) is 4. The lowest BCUT2D eigenvalue weighted by atomic mass is 9.79. The quantitative estimate of drug-likeness (QED) is 0.347. The highest BCUT2D eigenvalue weighted by atomic mass is 127. The summed E-state index contributed by atoms with van der Waals surface area (Å²) in [5.41, 5.74) is 1.07. The molecule has 0 bridgehead atoms. The maximum absolute atomic E-state index is 13.7. The molecule has 0 aliphatic rings. The molecule has 6 nitrogen and oxygen atoms in total. The fourth-order valence-corrected chi connectivity index (χ4v) is 3.15. The molecule has 0 fully saturated rings. The van der Waals surface area contributed by atoms with Crippen molar-refractivity contribution in [1.82, 2.24) is 9.88 Å². The zero-order valence-electron chi connectivity index (χ0n) is 15.2. The third-order valence-electron chi connectivity index (χ3n) is 4.30. The van der Waals surface area contributed by atoms with Crippen LogP contribution in [0.15, 0.2) is 65.6 Å². The standard InChI is InChI=1S/C20H17BFIN2O4/c22-17-10-14(6-7-18(17)23)12-25-8-2-5-16(20(25)27)19(26)24-11-13-3-1-4-15(9-13)21(28)29/h1-10,28-29H,11-12H2,(H,24,26). The SMILES string of the molecule is O=C(NCc1cccc(B(O)O)c1)c1cccn(Cc2ccc(I)c(F)c2)c1=O. The average Bonchev–Trinajstić information content (AvgIpc) is 2.70. The van der Waals surface area contributed by atoms with Gasteiger partial charge in [-0.1, -0.05) is 30.3 Å². The van der Waals surface area contributed by atoms with Crippen LogP contribution in [0.25, 0.3) is 0 Å². The van der Waals surface area contributed by atoms with Gasteiger partial charge in [0.05, 0.1) is 6.54 Å². The van der Waals surface area contributed by atoms with Crippen LogP contribution in [0.3, 0.4) is 0 Å². The number of halogens is 2. The molecule has 148 valence electrons. The minimum atomic E-state index is -1.60. The molecule has 0 aliphatic carbocycles. The van der Waals surface area contributed by atoms with Crippen molar-refractivity contribution >= 4 is 41.1 Å². The van der Waals surface area contributed by atoms with Crippen molar-refractivity contribution in [3.8, 4) is 0 Å². The molecule has 9 heteroatoms. The van der Waals surface area contributed by atoms with E-state index in [1.54, 1.807) is 48.7 Å². The minimum Gasteiger partial charge on any atom is -0.423 e. The smallest absolute Gasteiger partial charge is 0.423 e. The summed E-state index contributed by atoms with van der Waals surface area (Å²) in [6.45, 7) is 0.264. The van der Waals surface area contributed by atoms with Crippen LogP contribution < -0.4 is 16.3 Å². The fourth-order valence-electron chi connectivity index (χ4n) is 2.81. The second-order valence-electron chi connectivity index (χ2n) is 6.40. The molecular weight excluding hydrogens is 489 g/mol. The first-order valence-corrected chi connectivity index (χ1v) is 9.79. The number of amides is 1. The molecule has 2 aromatic carbocycles. The normalized spacial score (nSPS) is 10.6. The summed E-state index contributed by atoms with van der Waals surface area (Å²) < 4.78 is 15.6. The highest BCUT2D eigenvalue weighted by Gasteiger charge is 2.14. The number of rotatable bonds is 6. The number of carbonyl (C=O) groups is 1. The monoisotopic (exact) mass is 506 g/mol. The molecule has 0 unspecified atom stereocenters. The molecule has 3 rings (SSSR count). The van der Waals surface area contributed by atoms with E-state index >= 15 is 0 Å². The third-order valence-corrected chi connectivity index (χ3v) is 5.18. The van der Waals surface area contributed by atoms with Crippen molar-refractivity contribution < 1.29 is 19.2 Å². The van der Waals surface area contributed by atoms with Crippen molar-refractivity contribution in [1.29, 1.82) is 0 Å². The second kappa shape index (κ2) is 9.34. The Labute approximate surface area is 180 Å². The van der Waals surface area contributed by atoms with Gasteiger partial charge in [0.25, 0.3) is 11.5 Å². The zero-order chi connectivity index (χ0) is 21.0. The Morgan fingerprint density at radius 3 is 2.62 bits per heavy atom. The summed E-state index contributed by atoms with van der Waals surface area (Å²) in [7, 11) is -1.60. The largest absolute Gasteiger partial charge is 0.488 e. The zero-order valence-corrected chi connectivity index (χ0v) is 17.3. The highest BCUT2D eigenvalue weighted by molar-refractivity contribution is 14.1. The van der Waals surface area contributed by atoms with Gasteiger partial charge in [-0.05, 0) is 63.4 Å². The van der Waals surface area contributed by atoms with Crippen LogP contribution in [0.2, 0.25) is 0 Å². The minimum absolute atomic E-state index is 0.0307. The van der Waals surface area contributed by atoms with Gasteiger partial charge in [0.1, 0.15) is 11.4 Å². The van der Waals surface area contributed by atoms with Crippen molar-refractivity contribution in [3.05, 3.63) is 97.2 Å². The first-order valence-electron chi connectivity index (χ1n) is 8.71. The first kappa shape index (κ1) is 21.2. The molecule has 3 aromatic rings. The second-order valence-corrected chi connectivity index (χ2v) is 7.57. The van der Waals surface area contributed by atoms with E-state index in [9.17, 15) is 24.0 Å². The lowest BCUT2D eigenvalue weighted by Gasteiger charge is -2.10. The van der Waals surface area contributed by atoms with Gasteiger partial charge in [0.15, 0.2) is 0 Å². The predicted octanol–water partition coefficient (Wildman–Crippen LogP) is 1.25. The number of benzene rings is 2. The molecule has 29 heavy (non-hydrogen) atoms. The summed E-state index contributed by atoms with van der Waals surface area (Å²) in [5.74, 6) is -0.909. The van der Waals surface area contributed by atoms with Gasteiger partial charge >= 0.3 is 7.12 Å². The first-order chi connectivity index (χ1) is 13.8. The summed E-state index contributed by atoms with van der Waals surface area (Å²) in [4.78, 5) is 25.1. The van der Waals surface area contributed by atoms with Crippen LogP contribution in [0.1, 0.15) is 21.5 Å². The molecule has 0 spiro atoms. The van der Waals surface area contributed by atoms with E-state index < -0.39 is 18.6 Å². The van der Waals surface area contributed by atoms with E-state index in [1.807, 2.05) is 22.6 Å². The molecule has 1 heterocycles. The maximum atomic E-state index is 13.7. The van der Waals surface area contributed by atoms with E-state index in [0.717, 1.165) is 0 Å². The van der Waals surface area contributed by atoms with E-state index in [-0.39, 0.29) is 24.5 Å². The maximum Gasteiger partial charge on any atom is 0.488 e. The number of carbonyl (C=O) groups excluding carboxylic acids is 1. The number of nitrogens with zero attached hydrogens (tertiary/aromatic N) is 1. The predicted molar refractivity (Wildman–Crippen MR) is 116 cm³/mol. The summed E-state index contributed by atoms with van der Waals surface area (Å²) in [5, 5.41) is 21.1. The van der Waals surface area contributed by atoms with E-state index in [2.05, 4.69) is 5.32 Å². The Bertz CT molecular complexity index is 1100. The number of hydrogen-bond donors (Lipinski definition) is 3. The summed E-state index contributed by atoms with van der Waals surface area (Å²) in [6, 6.07) is 14.2. The van der Waals surface area contributed by atoms with Gasteiger partial charge in [0, 0.05) is 16.3 Å². The Hall–Kier alpha value is -2.50. The molecule has 0 saturated carbocycles. The van der Waals surface area contributed by atoms with E-state index in [1.165, 1.54) is 16.7 Å². The van der Waals surface area contributed by atoms with Crippen LogP contribution in [-0.2, 0) is 13.1 Å². The van der Waals surface area contributed by atoms with Crippen molar-refractivity contribution in [2.24, 2.45) is 0 Å². The molecule has 0 radical (unpaired) electrons. The fraction of sp³-hybridized carbons (Fsp3) is 0.100. The Balaban J connectivity index is 1.74. The Kier molecular flexibility index (Phi) is 6.83. The van der Waals surface area contributed by atoms with Gasteiger partial charge in [0.2, 0.25) is 0 Å². The van der Waals surface area contributed by atoms with E-state index in [0.29, 0.717) is 20.2 Å². The van der Waals surface area contributed by atoms with Crippen LogP contribution in [0.5, 0.6) is 0 Å². The lowest BCUT2D eigenvalue weighted by Crippen LogP contribution is -2.33. The average molecular weight is 506 g/mol. The van der Waals surface area contributed by atoms with E-state index in [4.69, 9.17) is 0 Å². The van der Waals surface area contributed by atoms with Crippen LogP contribution in [-0.4, -0.2) is 27.6 Å². The molecule has 0 aliphatic heterocycles. The molecule has 1 aromatic heterocycles.